The number of fused-ring (bicyclic) bond motifs is 1. The summed E-state index contributed by atoms with van der Waals surface area (Å²) in [5.74, 6) is -0.417. The molecule has 1 aliphatic heterocycles. The summed E-state index contributed by atoms with van der Waals surface area (Å²) in [7, 11) is 0. The molecule has 3 rings (SSSR count). The van der Waals surface area contributed by atoms with Crippen LogP contribution in [0, 0.1) is 0 Å². The van der Waals surface area contributed by atoms with Gasteiger partial charge in [0.05, 0.1) is 6.61 Å². The van der Waals surface area contributed by atoms with Gasteiger partial charge in [-0.05, 0) is 30.7 Å². The van der Waals surface area contributed by atoms with Crippen LogP contribution in [0.2, 0.25) is 0 Å². The van der Waals surface area contributed by atoms with Crippen molar-refractivity contribution in [3.63, 3.8) is 0 Å². The van der Waals surface area contributed by atoms with Crippen LogP contribution in [0.5, 0.6) is 0 Å². The van der Waals surface area contributed by atoms with Gasteiger partial charge in [-0.3, -0.25) is 4.79 Å². The fourth-order valence-electron chi connectivity index (χ4n) is 2.89. The highest BCUT2D eigenvalue weighted by atomic mass is 16.6. The third kappa shape index (κ3) is 3.87. The Labute approximate surface area is 146 Å². The summed E-state index contributed by atoms with van der Waals surface area (Å²) < 4.78 is 10.7. The molecule has 134 valence electrons. The molecule has 0 saturated carbocycles. The van der Waals surface area contributed by atoms with Crippen molar-refractivity contribution in [3.8, 4) is 0 Å². The van der Waals surface area contributed by atoms with Crippen molar-refractivity contribution in [1.82, 2.24) is 4.90 Å². The van der Waals surface area contributed by atoms with Crippen LogP contribution in [-0.4, -0.2) is 49.7 Å². The molecule has 2 N–H and O–H groups in total. The Balaban J connectivity index is 1.61. The minimum Gasteiger partial charge on any atom is -0.451 e. The molecule has 0 unspecified atom stereocenters. The van der Waals surface area contributed by atoms with Crippen LogP contribution >= 0.6 is 0 Å². The lowest BCUT2D eigenvalue weighted by atomic mass is 10.2. The number of carbonyl (C=O) groups excluding carboxylic acids is 2. The molecule has 7 heteroatoms. The van der Waals surface area contributed by atoms with Crippen LogP contribution in [-0.2, 0) is 4.74 Å². The van der Waals surface area contributed by atoms with Crippen LogP contribution in [0.25, 0.3) is 11.0 Å². The molecule has 2 amide bonds. The Morgan fingerprint density at radius 2 is 1.96 bits per heavy atom. The standard InChI is InChI=1S/C18H23N3O4/c1-2-3-10-24-18(23)21-8-6-20(7-9-21)14-4-5-15-13(11-14)12-16(25-15)17(19)22/h4-5,11-12H,2-3,6-10H2,1H3,(H2,19,22). The highest BCUT2D eigenvalue weighted by Crippen LogP contribution is 2.26. The Hall–Kier alpha value is -2.70. The maximum Gasteiger partial charge on any atom is 0.409 e. The third-order valence-corrected chi connectivity index (χ3v) is 4.37. The van der Waals surface area contributed by atoms with E-state index in [4.69, 9.17) is 14.9 Å². The lowest BCUT2D eigenvalue weighted by Crippen LogP contribution is -2.49. The van der Waals surface area contributed by atoms with Crippen molar-refractivity contribution in [2.75, 3.05) is 37.7 Å². The van der Waals surface area contributed by atoms with Crippen LogP contribution in [0.1, 0.15) is 30.3 Å². The van der Waals surface area contributed by atoms with E-state index in [-0.39, 0.29) is 11.9 Å². The zero-order chi connectivity index (χ0) is 17.8. The van der Waals surface area contributed by atoms with Gasteiger partial charge >= 0.3 is 6.09 Å². The van der Waals surface area contributed by atoms with Gasteiger partial charge in [-0.2, -0.15) is 0 Å². The number of nitrogens with zero attached hydrogens (tertiary/aromatic N) is 2. The molecule has 0 spiro atoms. The first-order valence-corrected chi connectivity index (χ1v) is 8.58. The van der Waals surface area contributed by atoms with Gasteiger partial charge in [0, 0.05) is 37.3 Å². The maximum absolute atomic E-state index is 12.0. The number of benzene rings is 1. The molecule has 1 fully saturated rings. The number of rotatable bonds is 5. The summed E-state index contributed by atoms with van der Waals surface area (Å²) >= 11 is 0. The van der Waals surface area contributed by atoms with Gasteiger partial charge in [0.1, 0.15) is 5.58 Å². The van der Waals surface area contributed by atoms with E-state index < -0.39 is 5.91 Å². The van der Waals surface area contributed by atoms with Gasteiger partial charge in [-0.15, -0.1) is 0 Å². The SMILES string of the molecule is CCCCOC(=O)N1CCN(c2ccc3oc(C(N)=O)cc3c2)CC1. The van der Waals surface area contributed by atoms with Crippen LogP contribution < -0.4 is 10.6 Å². The van der Waals surface area contributed by atoms with Crippen molar-refractivity contribution in [3.05, 3.63) is 30.0 Å². The lowest BCUT2D eigenvalue weighted by Gasteiger charge is -2.35. The monoisotopic (exact) mass is 345 g/mol. The predicted molar refractivity (Wildman–Crippen MR) is 94.8 cm³/mol. The number of nitrogens with two attached hydrogens (primary N) is 1. The van der Waals surface area contributed by atoms with Crippen LogP contribution in [0.3, 0.4) is 0 Å². The Bertz CT molecular complexity index is 763. The van der Waals surface area contributed by atoms with Crippen molar-refractivity contribution in [2.45, 2.75) is 19.8 Å². The predicted octanol–water partition coefficient (Wildman–Crippen LogP) is 2.59. The largest absolute Gasteiger partial charge is 0.451 e. The number of unbranched alkanes of at least 4 members (excludes halogenated alkanes) is 1. The van der Waals surface area contributed by atoms with Crippen LogP contribution in [0.4, 0.5) is 10.5 Å². The fraction of sp³-hybridized carbons (Fsp3) is 0.444. The fourth-order valence-corrected chi connectivity index (χ4v) is 2.89. The van der Waals surface area contributed by atoms with Gasteiger partial charge in [0.15, 0.2) is 5.76 Å². The number of hydrogen-bond acceptors (Lipinski definition) is 5. The Kier molecular flexibility index (Phi) is 5.11. The molecule has 0 aliphatic carbocycles. The second-order valence-electron chi connectivity index (χ2n) is 6.14. The quantitative estimate of drug-likeness (QED) is 0.841. The van der Waals surface area contributed by atoms with Crippen molar-refractivity contribution >= 4 is 28.7 Å². The normalized spacial score (nSPS) is 14.8. The minimum absolute atomic E-state index is 0.159. The van der Waals surface area contributed by atoms with E-state index in [2.05, 4.69) is 11.8 Å². The Morgan fingerprint density at radius 1 is 1.20 bits per heavy atom. The number of furan rings is 1. The molecule has 1 aromatic carbocycles. The number of primary amides is 1. The smallest absolute Gasteiger partial charge is 0.409 e. The van der Waals surface area contributed by atoms with Crippen molar-refractivity contribution < 1.29 is 18.7 Å². The summed E-state index contributed by atoms with van der Waals surface area (Å²) in [6, 6.07) is 7.41. The molecule has 25 heavy (non-hydrogen) atoms. The van der Waals surface area contributed by atoms with Crippen molar-refractivity contribution in [1.29, 1.82) is 0 Å². The van der Waals surface area contributed by atoms with Crippen LogP contribution in [0.15, 0.2) is 28.7 Å². The second-order valence-corrected chi connectivity index (χ2v) is 6.14. The number of carbonyl (C=O) groups is 2. The second kappa shape index (κ2) is 7.46. The van der Waals surface area contributed by atoms with E-state index in [9.17, 15) is 9.59 Å². The van der Waals surface area contributed by atoms with Gasteiger partial charge in [-0.1, -0.05) is 13.3 Å². The van der Waals surface area contributed by atoms with Gasteiger partial charge < -0.3 is 24.7 Å². The zero-order valence-electron chi connectivity index (χ0n) is 14.4. The number of anilines is 1. The third-order valence-electron chi connectivity index (χ3n) is 4.37. The maximum atomic E-state index is 12.0. The molecular formula is C18H23N3O4. The zero-order valence-corrected chi connectivity index (χ0v) is 14.4. The molecule has 7 nitrogen and oxygen atoms in total. The van der Waals surface area contributed by atoms with E-state index in [1.165, 1.54) is 0 Å². The molecule has 0 radical (unpaired) electrons. The summed E-state index contributed by atoms with van der Waals surface area (Å²) in [5.41, 5.74) is 6.92. The van der Waals surface area contributed by atoms with Gasteiger partial charge in [0.25, 0.3) is 5.91 Å². The first-order chi connectivity index (χ1) is 12.1. The van der Waals surface area contributed by atoms with E-state index in [1.54, 1.807) is 11.0 Å². The van der Waals surface area contributed by atoms with E-state index in [0.29, 0.717) is 25.3 Å². The first kappa shape index (κ1) is 17.1. The first-order valence-electron chi connectivity index (χ1n) is 8.58. The average Bonchev–Trinajstić information content (AvgIpc) is 3.05. The van der Waals surface area contributed by atoms with Crippen molar-refractivity contribution in [2.24, 2.45) is 5.73 Å². The molecular weight excluding hydrogens is 322 g/mol. The summed E-state index contributed by atoms with van der Waals surface area (Å²) in [4.78, 5) is 27.2. The van der Waals surface area contributed by atoms with Gasteiger partial charge in [0.2, 0.25) is 0 Å². The molecule has 1 aromatic heterocycles. The number of amides is 2. The molecule has 0 bridgehead atoms. The highest BCUT2D eigenvalue weighted by molar-refractivity contribution is 5.95. The molecule has 0 atom stereocenters. The lowest BCUT2D eigenvalue weighted by molar-refractivity contribution is 0.0972. The van der Waals surface area contributed by atoms with E-state index in [0.717, 1.165) is 37.0 Å². The Morgan fingerprint density at radius 3 is 2.64 bits per heavy atom. The minimum atomic E-state index is -0.576. The molecule has 2 aromatic rings. The highest BCUT2D eigenvalue weighted by Gasteiger charge is 2.22. The molecule has 2 heterocycles. The average molecular weight is 345 g/mol. The summed E-state index contributed by atoms with van der Waals surface area (Å²) in [6.45, 7) is 5.26. The molecule has 1 saturated heterocycles. The van der Waals surface area contributed by atoms with E-state index in [1.807, 2.05) is 18.2 Å². The number of ether oxygens (including phenoxy) is 1. The topological polar surface area (TPSA) is 89.0 Å². The number of piperazine rings is 1. The van der Waals surface area contributed by atoms with Gasteiger partial charge in [-0.25, -0.2) is 4.79 Å². The number of hydrogen-bond donors (Lipinski definition) is 1. The molecule has 1 aliphatic rings. The summed E-state index contributed by atoms with van der Waals surface area (Å²) in [6.07, 6.45) is 1.67. The van der Waals surface area contributed by atoms with E-state index >= 15 is 0 Å². The summed E-state index contributed by atoms with van der Waals surface area (Å²) in [5, 5.41) is 0.840.